The Morgan fingerprint density at radius 2 is 1.39 bits per heavy atom. The molecule has 2 aromatic carbocycles. The molecule has 0 fully saturated rings. The van der Waals surface area contributed by atoms with Gasteiger partial charge in [0.15, 0.2) is 11.6 Å². The molecule has 96 valence electrons. The van der Waals surface area contributed by atoms with E-state index in [0.717, 1.165) is 4.47 Å². The van der Waals surface area contributed by atoms with E-state index in [0.29, 0.717) is 10.0 Å². The van der Waals surface area contributed by atoms with Gasteiger partial charge in [0.2, 0.25) is 0 Å². The van der Waals surface area contributed by atoms with Crippen molar-refractivity contribution >= 4 is 31.9 Å². The van der Waals surface area contributed by atoms with E-state index in [4.69, 9.17) is 5.11 Å². The molecule has 0 unspecified atom stereocenters. The highest BCUT2D eigenvalue weighted by Crippen LogP contribution is 2.19. The highest BCUT2D eigenvalue weighted by Gasteiger charge is 1.97. The average Bonchev–Trinajstić information content (AvgIpc) is 2.30. The molecule has 18 heavy (non-hydrogen) atoms. The Hall–Kier alpha value is -0.940. The van der Waals surface area contributed by atoms with Crippen LogP contribution in [0.5, 0.6) is 5.75 Å². The molecule has 0 spiro atoms. The topological polar surface area (TPSA) is 20.2 Å². The molecule has 0 saturated heterocycles. The fourth-order valence-corrected chi connectivity index (χ4v) is 1.71. The van der Waals surface area contributed by atoms with Crippen molar-refractivity contribution in [2.45, 2.75) is 6.92 Å². The number of halogens is 4. The van der Waals surface area contributed by atoms with E-state index >= 15 is 0 Å². The number of hydrogen-bond acceptors (Lipinski definition) is 1. The van der Waals surface area contributed by atoms with Crippen LogP contribution in [0.2, 0.25) is 0 Å². The highest BCUT2D eigenvalue weighted by molar-refractivity contribution is 9.10. The van der Waals surface area contributed by atoms with E-state index < -0.39 is 5.82 Å². The van der Waals surface area contributed by atoms with Crippen molar-refractivity contribution in [2.24, 2.45) is 0 Å². The van der Waals surface area contributed by atoms with Crippen molar-refractivity contribution in [3.8, 4) is 5.75 Å². The molecule has 5 heteroatoms. The normalized spacial score (nSPS) is 9.61. The zero-order valence-electron chi connectivity index (χ0n) is 9.42. The number of phenols is 1. The van der Waals surface area contributed by atoms with Crippen LogP contribution in [0.4, 0.5) is 8.78 Å². The Labute approximate surface area is 121 Å². The van der Waals surface area contributed by atoms with Gasteiger partial charge >= 0.3 is 0 Å². The maximum absolute atomic E-state index is 12.5. The van der Waals surface area contributed by atoms with E-state index in [2.05, 4.69) is 31.9 Å². The van der Waals surface area contributed by atoms with Crippen LogP contribution in [-0.2, 0) is 0 Å². The predicted molar refractivity (Wildman–Crippen MR) is 74.6 cm³/mol. The number of rotatable bonds is 0. The first-order valence-corrected chi connectivity index (χ1v) is 6.54. The Morgan fingerprint density at radius 1 is 0.889 bits per heavy atom. The molecule has 1 nitrogen and oxygen atoms in total. The summed E-state index contributed by atoms with van der Waals surface area (Å²) in [6, 6.07) is 9.07. The van der Waals surface area contributed by atoms with Crippen LogP contribution in [0.1, 0.15) is 5.56 Å². The molecule has 0 atom stereocenters. The minimum Gasteiger partial charge on any atom is -0.505 e. The molecule has 0 saturated carbocycles. The second-order valence-electron chi connectivity index (χ2n) is 3.49. The lowest BCUT2D eigenvalue weighted by Gasteiger charge is -1.93. The van der Waals surface area contributed by atoms with Crippen molar-refractivity contribution in [3.63, 3.8) is 0 Å². The predicted octanol–water partition coefficient (Wildman–Crippen LogP) is 5.19. The summed E-state index contributed by atoms with van der Waals surface area (Å²) in [6.45, 7) is 1.74. The zero-order valence-corrected chi connectivity index (χ0v) is 12.6. The highest BCUT2D eigenvalue weighted by atomic mass is 79.9. The monoisotopic (exact) mass is 378 g/mol. The van der Waals surface area contributed by atoms with Crippen LogP contribution >= 0.6 is 31.9 Å². The zero-order chi connectivity index (χ0) is 13.7. The van der Waals surface area contributed by atoms with Gasteiger partial charge in [-0.15, -0.1) is 0 Å². The maximum atomic E-state index is 12.5. The third-order valence-electron chi connectivity index (χ3n) is 2.04. The van der Waals surface area contributed by atoms with Gasteiger partial charge in [-0.1, -0.05) is 37.9 Å². The van der Waals surface area contributed by atoms with Gasteiger partial charge in [0, 0.05) is 8.95 Å². The maximum Gasteiger partial charge on any atom is 0.165 e. The van der Waals surface area contributed by atoms with Crippen LogP contribution in [0.25, 0.3) is 0 Å². The summed E-state index contributed by atoms with van der Waals surface area (Å²) >= 11 is 6.20. The van der Waals surface area contributed by atoms with Crippen molar-refractivity contribution in [3.05, 3.63) is 62.5 Å². The molecule has 2 aromatic rings. The Bertz CT molecular complexity index is 495. The van der Waals surface area contributed by atoms with Crippen molar-refractivity contribution < 1.29 is 13.9 Å². The summed E-state index contributed by atoms with van der Waals surface area (Å²) in [7, 11) is 0. The molecular formula is C13H10Br2F2O. The first-order chi connectivity index (χ1) is 8.40. The van der Waals surface area contributed by atoms with Gasteiger partial charge in [-0.05, 0) is 42.8 Å². The molecule has 0 radical (unpaired) electrons. The summed E-state index contributed by atoms with van der Waals surface area (Å²) in [5, 5.41) is 8.65. The van der Waals surface area contributed by atoms with E-state index in [1.807, 2.05) is 6.07 Å². The molecule has 0 aliphatic carbocycles. The molecular weight excluding hydrogens is 370 g/mol. The van der Waals surface area contributed by atoms with E-state index in [9.17, 15) is 8.78 Å². The van der Waals surface area contributed by atoms with Gasteiger partial charge < -0.3 is 5.11 Å². The summed E-state index contributed by atoms with van der Waals surface area (Å²) in [5.41, 5.74) is 0.679. The van der Waals surface area contributed by atoms with Gasteiger partial charge in [0.1, 0.15) is 5.82 Å². The van der Waals surface area contributed by atoms with Crippen molar-refractivity contribution in [2.75, 3.05) is 0 Å². The Balaban J connectivity index is 0.000000180. The summed E-state index contributed by atoms with van der Waals surface area (Å²) < 4.78 is 26.3. The molecule has 0 amide bonds. The fraction of sp³-hybridized carbons (Fsp3) is 0.0769. The van der Waals surface area contributed by atoms with Gasteiger partial charge in [-0.25, -0.2) is 8.78 Å². The standard InChI is InChI=1S/C7H6BrF.C6H4BrFO/c1-5-2-3-6(8)4-7(5)9;7-4-1-2-6(9)5(8)3-4/h2-4H,1H3;1-3,9H. The lowest BCUT2D eigenvalue weighted by atomic mass is 10.2. The second kappa shape index (κ2) is 6.85. The van der Waals surface area contributed by atoms with Crippen molar-refractivity contribution in [1.82, 2.24) is 0 Å². The molecule has 0 aliphatic rings. The van der Waals surface area contributed by atoms with Gasteiger partial charge in [-0.3, -0.25) is 0 Å². The number of hydrogen-bond donors (Lipinski definition) is 1. The average molecular weight is 380 g/mol. The SMILES string of the molecule is Cc1ccc(Br)cc1F.Oc1ccc(Br)cc1F. The minimum atomic E-state index is -0.607. The molecule has 0 aliphatic heterocycles. The first kappa shape index (κ1) is 15.1. The summed E-state index contributed by atoms with van der Waals surface area (Å²) in [4.78, 5) is 0. The molecule has 0 bridgehead atoms. The van der Waals surface area contributed by atoms with E-state index in [-0.39, 0.29) is 11.6 Å². The third-order valence-corrected chi connectivity index (χ3v) is 3.03. The molecule has 0 heterocycles. The van der Waals surface area contributed by atoms with E-state index in [1.165, 1.54) is 18.2 Å². The van der Waals surface area contributed by atoms with Crippen LogP contribution in [0, 0.1) is 18.6 Å². The number of benzene rings is 2. The lowest BCUT2D eigenvalue weighted by molar-refractivity contribution is 0.432. The Kier molecular flexibility index (Phi) is 5.75. The van der Waals surface area contributed by atoms with Crippen LogP contribution in [0.3, 0.4) is 0 Å². The number of phenolic OH excluding ortho intramolecular Hbond substituents is 1. The molecule has 0 aromatic heterocycles. The van der Waals surface area contributed by atoms with Gasteiger partial charge in [-0.2, -0.15) is 0 Å². The lowest BCUT2D eigenvalue weighted by Crippen LogP contribution is -1.78. The third kappa shape index (κ3) is 4.74. The molecule has 1 N–H and O–H groups in total. The minimum absolute atomic E-state index is 0.163. The smallest absolute Gasteiger partial charge is 0.165 e. The number of aryl methyl sites for hydroxylation is 1. The number of aromatic hydroxyl groups is 1. The summed E-state index contributed by atoms with van der Waals surface area (Å²) in [6.07, 6.45) is 0. The quantitative estimate of drug-likeness (QED) is 0.667. The second-order valence-corrected chi connectivity index (χ2v) is 5.32. The van der Waals surface area contributed by atoms with Crippen molar-refractivity contribution in [1.29, 1.82) is 0 Å². The van der Waals surface area contributed by atoms with Gasteiger partial charge in [0.05, 0.1) is 0 Å². The van der Waals surface area contributed by atoms with E-state index in [1.54, 1.807) is 19.1 Å². The van der Waals surface area contributed by atoms with Crippen LogP contribution < -0.4 is 0 Å². The van der Waals surface area contributed by atoms with Gasteiger partial charge in [0.25, 0.3) is 0 Å². The first-order valence-electron chi connectivity index (χ1n) is 4.96. The summed E-state index contributed by atoms with van der Waals surface area (Å²) in [5.74, 6) is -1.09. The Morgan fingerprint density at radius 3 is 1.78 bits per heavy atom. The largest absolute Gasteiger partial charge is 0.505 e. The molecule has 2 rings (SSSR count). The van der Waals surface area contributed by atoms with Crippen LogP contribution in [0.15, 0.2) is 45.3 Å². The fourth-order valence-electron chi connectivity index (χ4n) is 1.05. The van der Waals surface area contributed by atoms with Crippen LogP contribution in [-0.4, -0.2) is 5.11 Å².